The number of amides is 1. The number of ether oxygens (including phenoxy) is 1. The van der Waals surface area contributed by atoms with Crippen molar-refractivity contribution in [2.24, 2.45) is 0 Å². The van der Waals surface area contributed by atoms with Crippen molar-refractivity contribution in [3.05, 3.63) is 11.8 Å². The van der Waals surface area contributed by atoms with Crippen LogP contribution in [-0.2, 0) is 14.3 Å². The molecular weight excluding hydrogens is 262 g/mol. The van der Waals surface area contributed by atoms with Crippen molar-refractivity contribution in [3.63, 3.8) is 0 Å². The maximum Gasteiger partial charge on any atom is 0.320 e. The number of nitrogens with zero attached hydrogens (tertiary/aromatic N) is 2. The van der Waals surface area contributed by atoms with Crippen molar-refractivity contribution in [1.29, 1.82) is 0 Å². The lowest BCUT2D eigenvalue weighted by molar-refractivity contribution is -0.144. The molecule has 1 amide bonds. The molecule has 1 fully saturated rings. The standard InChI is InChI=1S/C13H19N3O4/c1-3-19-13(18)8-16(10-4-5-10)7-12(17)14-11-6-9(2)20-15-11/h6,10H,3-5,7-8H2,1-2H3,(H,14,15,17). The highest BCUT2D eigenvalue weighted by molar-refractivity contribution is 5.91. The lowest BCUT2D eigenvalue weighted by Crippen LogP contribution is -2.39. The van der Waals surface area contributed by atoms with Crippen LogP contribution in [0.3, 0.4) is 0 Å². The molecule has 7 nitrogen and oxygen atoms in total. The number of carbonyl (C=O) groups is 2. The highest BCUT2D eigenvalue weighted by atomic mass is 16.5. The van der Waals surface area contributed by atoms with Crippen LogP contribution in [0.15, 0.2) is 10.6 Å². The first-order valence-corrected chi connectivity index (χ1v) is 6.71. The van der Waals surface area contributed by atoms with Gasteiger partial charge in [0.15, 0.2) is 5.82 Å². The van der Waals surface area contributed by atoms with Crippen molar-refractivity contribution in [1.82, 2.24) is 10.1 Å². The summed E-state index contributed by atoms with van der Waals surface area (Å²) in [6.07, 6.45) is 2.02. The van der Waals surface area contributed by atoms with E-state index in [2.05, 4.69) is 10.5 Å². The van der Waals surface area contributed by atoms with Crippen LogP contribution in [0, 0.1) is 6.92 Å². The molecule has 0 spiro atoms. The predicted molar refractivity (Wildman–Crippen MR) is 71.1 cm³/mol. The molecule has 0 aliphatic heterocycles. The normalized spacial score (nSPS) is 14.3. The maximum absolute atomic E-state index is 11.9. The SMILES string of the molecule is CCOC(=O)CN(CC(=O)Nc1cc(C)on1)C1CC1. The van der Waals surface area contributed by atoms with Crippen LogP contribution in [-0.4, -0.2) is 47.7 Å². The van der Waals surface area contributed by atoms with Crippen LogP contribution < -0.4 is 5.32 Å². The summed E-state index contributed by atoms with van der Waals surface area (Å²) in [6.45, 7) is 4.15. The zero-order valence-corrected chi connectivity index (χ0v) is 11.7. The van der Waals surface area contributed by atoms with Gasteiger partial charge in [0, 0.05) is 12.1 Å². The van der Waals surface area contributed by atoms with Crippen LogP contribution in [0.4, 0.5) is 5.82 Å². The van der Waals surface area contributed by atoms with Crippen molar-refractivity contribution < 1.29 is 18.8 Å². The number of aromatic nitrogens is 1. The smallest absolute Gasteiger partial charge is 0.320 e. The summed E-state index contributed by atoms with van der Waals surface area (Å²) in [5, 5.41) is 6.34. The van der Waals surface area contributed by atoms with Gasteiger partial charge in [0.1, 0.15) is 5.76 Å². The minimum atomic E-state index is -0.301. The number of nitrogens with one attached hydrogen (secondary N) is 1. The number of aryl methyl sites for hydroxylation is 1. The first kappa shape index (κ1) is 14.5. The molecule has 1 aliphatic rings. The maximum atomic E-state index is 11.9. The zero-order valence-electron chi connectivity index (χ0n) is 11.7. The highest BCUT2D eigenvalue weighted by Crippen LogP contribution is 2.26. The molecule has 0 unspecified atom stereocenters. The average molecular weight is 281 g/mol. The van der Waals surface area contributed by atoms with Gasteiger partial charge in [0.25, 0.3) is 0 Å². The average Bonchev–Trinajstić information content (AvgIpc) is 3.14. The van der Waals surface area contributed by atoms with E-state index in [1.54, 1.807) is 19.9 Å². The fourth-order valence-electron chi connectivity index (χ4n) is 1.92. The van der Waals surface area contributed by atoms with E-state index < -0.39 is 0 Å². The van der Waals surface area contributed by atoms with Crippen LogP contribution >= 0.6 is 0 Å². The zero-order chi connectivity index (χ0) is 14.5. The minimum Gasteiger partial charge on any atom is -0.465 e. The van der Waals surface area contributed by atoms with Gasteiger partial charge in [-0.25, -0.2) is 0 Å². The van der Waals surface area contributed by atoms with E-state index in [1.807, 2.05) is 4.90 Å². The molecule has 110 valence electrons. The molecular formula is C13H19N3O4. The summed E-state index contributed by atoms with van der Waals surface area (Å²) in [4.78, 5) is 25.3. The van der Waals surface area contributed by atoms with Crippen molar-refractivity contribution >= 4 is 17.7 Å². The molecule has 1 aromatic rings. The van der Waals surface area contributed by atoms with Gasteiger partial charge >= 0.3 is 5.97 Å². The van der Waals surface area contributed by atoms with Gasteiger partial charge in [-0.15, -0.1) is 0 Å². The molecule has 0 radical (unpaired) electrons. The van der Waals surface area contributed by atoms with Gasteiger partial charge in [0.2, 0.25) is 5.91 Å². The Kier molecular flexibility index (Phi) is 4.73. The second-order valence-electron chi connectivity index (χ2n) is 4.81. The Labute approximate surface area is 117 Å². The molecule has 20 heavy (non-hydrogen) atoms. The van der Waals surface area contributed by atoms with E-state index in [9.17, 15) is 9.59 Å². The Balaban J connectivity index is 1.84. The summed E-state index contributed by atoms with van der Waals surface area (Å²) in [5.41, 5.74) is 0. The van der Waals surface area contributed by atoms with Crippen molar-refractivity contribution in [2.45, 2.75) is 32.7 Å². The summed E-state index contributed by atoms with van der Waals surface area (Å²) < 4.78 is 9.79. The van der Waals surface area contributed by atoms with E-state index in [4.69, 9.17) is 9.26 Å². The Morgan fingerprint density at radius 2 is 2.25 bits per heavy atom. The Morgan fingerprint density at radius 3 is 2.80 bits per heavy atom. The summed E-state index contributed by atoms with van der Waals surface area (Å²) in [5.74, 6) is 0.504. The highest BCUT2D eigenvalue weighted by Gasteiger charge is 2.32. The Morgan fingerprint density at radius 1 is 1.50 bits per heavy atom. The monoisotopic (exact) mass is 281 g/mol. The minimum absolute atomic E-state index is 0.143. The van der Waals surface area contributed by atoms with Crippen LogP contribution in [0.25, 0.3) is 0 Å². The van der Waals surface area contributed by atoms with Gasteiger partial charge in [-0.3, -0.25) is 14.5 Å². The van der Waals surface area contributed by atoms with Gasteiger partial charge in [-0.05, 0) is 26.7 Å². The molecule has 1 aliphatic carbocycles. The third-order valence-electron chi connectivity index (χ3n) is 2.94. The van der Waals surface area contributed by atoms with Crippen LogP contribution in [0.5, 0.6) is 0 Å². The number of hydrogen-bond donors (Lipinski definition) is 1. The molecule has 0 bridgehead atoms. The molecule has 1 saturated carbocycles. The molecule has 1 N–H and O–H groups in total. The lowest BCUT2D eigenvalue weighted by atomic mass is 10.4. The molecule has 0 atom stereocenters. The second-order valence-corrected chi connectivity index (χ2v) is 4.81. The van der Waals surface area contributed by atoms with E-state index in [0.29, 0.717) is 24.2 Å². The van der Waals surface area contributed by atoms with Gasteiger partial charge in [-0.1, -0.05) is 5.16 Å². The van der Waals surface area contributed by atoms with E-state index >= 15 is 0 Å². The van der Waals surface area contributed by atoms with E-state index in [-0.39, 0.29) is 25.0 Å². The summed E-state index contributed by atoms with van der Waals surface area (Å²) >= 11 is 0. The molecule has 7 heteroatoms. The van der Waals surface area contributed by atoms with Crippen LogP contribution in [0.1, 0.15) is 25.5 Å². The van der Waals surface area contributed by atoms with Gasteiger partial charge < -0.3 is 14.6 Å². The number of esters is 1. The van der Waals surface area contributed by atoms with E-state index in [1.165, 1.54) is 0 Å². The van der Waals surface area contributed by atoms with Crippen LogP contribution in [0.2, 0.25) is 0 Å². The Hall–Kier alpha value is -1.89. The topological polar surface area (TPSA) is 84.7 Å². The van der Waals surface area contributed by atoms with E-state index in [0.717, 1.165) is 12.8 Å². The molecule has 2 rings (SSSR count). The first-order chi connectivity index (χ1) is 9.58. The van der Waals surface area contributed by atoms with Crippen molar-refractivity contribution in [3.8, 4) is 0 Å². The molecule has 0 saturated heterocycles. The third kappa shape index (κ3) is 4.34. The number of carbonyl (C=O) groups excluding carboxylic acids is 2. The summed E-state index contributed by atoms with van der Waals surface area (Å²) in [6, 6.07) is 1.94. The van der Waals surface area contributed by atoms with Gasteiger partial charge in [-0.2, -0.15) is 0 Å². The molecule has 1 aromatic heterocycles. The van der Waals surface area contributed by atoms with Crippen molar-refractivity contribution in [2.75, 3.05) is 25.0 Å². The third-order valence-corrected chi connectivity index (χ3v) is 2.94. The molecule has 0 aromatic carbocycles. The lowest BCUT2D eigenvalue weighted by Gasteiger charge is -2.19. The first-order valence-electron chi connectivity index (χ1n) is 6.71. The number of rotatable bonds is 7. The largest absolute Gasteiger partial charge is 0.465 e. The Bertz CT molecular complexity index is 482. The predicted octanol–water partition coefficient (Wildman–Crippen LogP) is 0.949. The van der Waals surface area contributed by atoms with Gasteiger partial charge in [0.05, 0.1) is 19.7 Å². The summed E-state index contributed by atoms with van der Waals surface area (Å²) in [7, 11) is 0. The number of anilines is 1. The second kappa shape index (κ2) is 6.51. The molecule has 1 heterocycles. The fraction of sp³-hybridized carbons (Fsp3) is 0.615. The quantitative estimate of drug-likeness (QED) is 0.749. The number of hydrogen-bond acceptors (Lipinski definition) is 6. The fourth-order valence-corrected chi connectivity index (χ4v) is 1.92.